The molecule has 27 heavy (non-hydrogen) atoms. The zero-order valence-corrected chi connectivity index (χ0v) is 15.7. The highest BCUT2D eigenvalue weighted by Crippen LogP contribution is 2.27. The van der Waals surface area contributed by atoms with Crippen LogP contribution < -0.4 is 5.73 Å². The van der Waals surface area contributed by atoms with Crippen LogP contribution in [-0.2, 0) is 12.3 Å². The largest absolute Gasteiger partial charge is 0.383 e. The van der Waals surface area contributed by atoms with Crippen LogP contribution in [0.4, 0.5) is 5.82 Å². The van der Waals surface area contributed by atoms with Crippen molar-refractivity contribution in [2.75, 3.05) is 5.73 Å². The molecule has 0 fully saturated rings. The molecule has 7 nitrogen and oxygen atoms in total. The molecule has 0 aliphatic rings. The molecule has 2 N–H and O–H groups in total. The Morgan fingerprint density at radius 1 is 1.04 bits per heavy atom. The number of nitrogens with two attached hydrogens (primary N) is 1. The van der Waals surface area contributed by atoms with E-state index in [1.807, 2.05) is 36.4 Å². The molecule has 0 spiro atoms. The maximum atomic E-state index is 6.08. The SMILES string of the molecule is CCCn1c(SCc2nc(N)c3ccccc3n2)nnc1-c1ccncc1. The Labute approximate surface area is 161 Å². The average Bonchev–Trinajstić information content (AvgIpc) is 3.10. The van der Waals surface area contributed by atoms with E-state index in [1.54, 1.807) is 24.2 Å². The Hall–Kier alpha value is -3.00. The molecule has 136 valence electrons. The number of thioether (sulfide) groups is 1. The lowest BCUT2D eigenvalue weighted by molar-refractivity contribution is 0.626. The van der Waals surface area contributed by atoms with Crippen molar-refractivity contribution in [2.45, 2.75) is 30.8 Å². The van der Waals surface area contributed by atoms with Gasteiger partial charge in [0.25, 0.3) is 0 Å². The minimum Gasteiger partial charge on any atom is -0.383 e. The minimum absolute atomic E-state index is 0.503. The van der Waals surface area contributed by atoms with Crippen LogP contribution in [0.1, 0.15) is 19.2 Å². The number of nitrogen functional groups attached to an aromatic ring is 1. The van der Waals surface area contributed by atoms with E-state index in [4.69, 9.17) is 5.73 Å². The first-order valence-electron chi connectivity index (χ1n) is 8.73. The molecule has 0 radical (unpaired) electrons. The third kappa shape index (κ3) is 3.61. The first-order valence-corrected chi connectivity index (χ1v) is 9.72. The maximum absolute atomic E-state index is 6.08. The van der Waals surface area contributed by atoms with Crippen molar-refractivity contribution >= 4 is 28.5 Å². The molecule has 0 aliphatic carbocycles. The second kappa shape index (κ2) is 7.71. The summed E-state index contributed by atoms with van der Waals surface area (Å²) in [6.45, 7) is 2.98. The fourth-order valence-electron chi connectivity index (χ4n) is 2.88. The van der Waals surface area contributed by atoms with Gasteiger partial charge in [-0.2, -0.15) is 0 Å². The molecule has 0 unspecified atom stereocenters. The van der Waals surface area contributed by atoms with Gasteiger partial charge in [0.1, 0.15) is 11.6 Å². The lowest BCUT2D eigenvalue weighted by atomic mass is 10.2. The first-order chi connectivity index (χ1) is 13.3. The number of hydrogen-bond donors (Lipinski definition) is 1. The highest BCUT2D eigenvalue weighted by Gasteiger charge is 2.15. The average molecular weight is 377 g/mol. The van der Waals surface area contributed by atoms with Crippen LogP contribution in [0.5, 0.6) is 0 Å². The Morgan fingerprint density at radius 3 is 2.67 bits per heavy atom. The molecule has 0 atom stereocenters. The molecular formula is C19H19N7S. The number of hydrogen-bond acceptors (Lipinski definition) is 7. The molecule has 1 aromatic carbocycles. The lowest BCUT2D eigenvalue weighted by Gasteiger charge is -2.09. The topological polar surface area (TPSA) is 95.4 Å². The van der Waals surface area contributed by atoms with Crippen LogP contribution in [0.3, 0.4) is 0 Å². The molecule has 3 aromatic heterocycles. The Balaban J connectivity index is 1.61. The number of fused-ring (bicyclic) bond motifs is 1. The fraction of sp³-hybridized carbons (Fsp3) is 0.211. The summed E-state index contributed by atoms with van der Waals surface area (Å²) in [5.41, 5.74) is 7.94. The summed E-state index contributed by atoms with van der Waals surface area (Å²) in [6, 6.07) is 11.6. The van der Waals surface area contributed by atoms with Crippen LogP contribution in [0.25, 0.3) is 22.3 Å². The van der Waals surface area contributed by atoms with Crippen molar-refractivity contribution in [1.82, 2.24) is 29.7 Å². The molecule has 0 saturated carbocycles. The van der Waals surface area contributed by atoms with Crippen LogP contribution in [0, 0.1) is 0 Å². The third-order valence-electron chi connectivity index (χ3n) is 4.11. The van der Waals surface area contributed by atoms with Gasteiger partial charge < -0.3 is 10.3 Å². The highest BCUT2D eigenvalue weighted by atomic mass is 32.2. The van der Waals surface area contributed by atoms with Crippen molar-refractivity contribution < 1.29 is 0 Å². The second-order valence-corrected chi connectivity index (χ2v) is 6.97. The number of anilines is 1. The predicted octanol–water partition coefficient (Wildman–Crippen LogP) is 3.57. The first kappa shape index (κ1) is 17.4. The summed E-state index contributed by atoms with van der Waals surface area (Å²) in [6.07, 6.45) is 4.51. The molecule has 0 bridgehead atoms. The van der Waals surface area contributed by atoms with Crippen molar-refractivity contribution in [2.24, 2.45) is 0 Å². The van der Waals surface area contributed by atoms with E-state index in [0.29, 0.717) is 17.4 Å². The van der Waals surface area contributed by atoms with Gasteiger partial charge >= 0.3 is 0 Å². The van der Waals surface area contributed by atoms with E-state index < -0.39 is 0 Å². The molecule has 8 heteroatoms. The number of nitrogens with zero attached hydrogens (tertiary/aromatic N) is 6. The van der Waals surface area contributed by atoms with E-state index in [0.717, 1.165) is 40.4 Å². The summed E-state index contributed by atoms with van der Waals surface area (Å²) in [5, 5.41) is 10.5. The van der Waals surface area contributed by atoms with Gasteiger partial charge in [0, 0.05) is 29.9 Å². The lowest BCUT2D eigenvalue weighted by Crippen LogP contribution is -2.03. The molecule has 3 heterocycles. The molecular weight excluding hydrogens is 358 g/mol. The van der Waals surface area contributed by atoms with Gasteiger partial charge in [0.05, 0.1) is 11.3 Å². The quantitative estimate of drug-likeness (QED) is 0.513. The summed E-state index contributed by atoms with van der Waals surface area (Å²) in [5.74, 6) is 2.62. The monoisotopic (exact) mass is 377 g/mol. The number of rotatable bonds is 6. The summed E-state index contributed by atoms with van der Waals surface area (Å²) in [4.78, 5) is 13.1. The second-order valence-electron chi connectivity index (χ2n) is 6.02. The summed E-state index contributed by atoms with van der Waals surface area (Å²) in [7, 11) is 0. The molecule has 0 aliphatic heterocycles. The number of para-hydroxylation sites is 1. The van der Waals surface area contributed by atoms with Gasteiger partial charge in [-0.05, 0) is 30.7 Å². The minimum atomic E-state index is 0.503. The van der Waals surface area contributed by atoms with E-state index >= 15 is 0 Å². The van der Waals surface area contributed by atoms with Gasteiger partial charge in [0.15, 0.2) is 11.0 Å². The van der Waals surface area contributed by atoms with E-state index in [-0.39, 0.29) is 0 Å². The highest BCUT2D eigenvalue weighted by molar-refractivity contribution is 7.98. The number of aromatic nitrogens is 6. The molecule has 4 rings (SSSR count). The Bertz CT molecular complexity index is 1060. The normalized spacial score (nSPS) is 11.1. The van der Waals surface area contributed by atoms with Gasteiger partial charge in [-0.1, -0.05) is 30.8 Å². The van der Waals surface area contributed by atoms with Crippen molar-refractivity contribution in [1.29, 1.82) is 0 Å². The third-order valence-corrected chi connectivity index (χ3v) is 5.07. The zero-order valence-electron chi connectivity index (χ0n) is 14.9. The maximum Gasteiger partial charge on any atom is 0.191 e. The van der Waals surface area contributed by atoms with Gasteiger partial charge in [0.2, 0.25) is 0 Å². The number of pyridine rings is 1. The zero-order chi connectivity index (χ0) is 18.6. The Kier molecular flexibility index (Phi) is 4.97. The van der Waals surface area contributed by atoms with E-state index in [2.05, 4.69) is 36.6 Å². The van der Waals surface area contributed by atoms with Crippen molar-refractivity contribution in [3.63, 3.8) is 0 Å². The molecule has 0 amide bonds. The van der Waals surface area contributed by atoms with E-state index in [1.165, 1.54) is 0 Å². The predicted molar refractivity (Wildman–Crippen MR) is 107 cm³/mol. The van der Waals surface area contributed by atoms with Crippen LogP contribution >= 0.6 is 11.8 Å². The van der Waals surface area contributed by atoms with Gasteiger partial charge in [-0.25, -0.2) is 9.97 Å². The number of benzene rings is 1. The molecule has 4 aromatic rings. The van der Waals surface area contributed by atoms with Gasteiger partial charge in [-0.15, -0.1) is 10.2 Å². The van der Waals surface area contributed by atoms with Crippen molar-refractivity contribution in [3.05, 3.63) is 54.6 Å². The standard InChI is InChI=1S/C19H19N7S/c1-2-11-26-18(13-7-9-21-10-8-13)24-25-19(26)27-12-16-22-15-6-4-3-5-14(15)17(20)23-16/h3-10H,2,11-12H2,1H3,(H2,20,22,23). The van der Waals surface area contributed by atoms with Gasteiger partial charge in [-0.3, -0.25) is 4.98 Å². The van der Waals surface area contributed by atoms with Crippen LogP contribution in [-0.4, -0.2) is 29.7 Å². The fourth-order valence-corrected chi connectivity index (χ4v) is 3.70. The smallest absolute Gasteiger partial charge is 0.191 e. The summed E-state index contributed by atoms with van der Waals surface area (Å²) < 4.78 is 2.13. The summed E-state index contributed by atoms with van der Waals surface area (Å²) >= 11 is 1.57. The molecule has 0 saturated heterocycles. The van der Waals surface area contributed by atoms with Crippen molar-refractivity contribution in [3.8, 4) is 11.4 Å². The Morgan fingerprint density at radius 2 is 1.85 bits per heavy atom. The van der Waals surface area contributed by atoms with Crippen LogP contribution in [0.2, 0.25) is 0 Å². The van der Waals surface area contributed by atoms with Crippen LogP contribution in [0.15, 0.2) is 53.9 Å². The van der Waals surface area contributed by atoms with E-state index in [9.17, 15) is 0 Å².